The minimum Gasteiger partial charge on any atom is -0.487 e. The molecule has 0 saturated carbocycles. The molecule has 0 N–H and O–H groups in total. The van der Waals surface area contributed by atoms with Crippen LogP contribution in [0.1, 0.15) is 24.0 Å². The molecule has 0 bridgehead atoms. The Balaban J connectivity index is 1.34. The van der Waals surface area contributed by atoms with E-state index in [9.17, 15) is 0 Å². The van der Waals surface area contributed by atoms with E-state index < -0.39 is 0 Å². The van der Waals surface area contributed by atoms with Crippen molar-refractivity contribution >= 4 is 11.3 Å². The van der Waals surface area contributed by atoms with Gasteiger partial charge >= 0.3 is 0 Å². The Morgan fingerprint density at radius 1 is 0.926 bits per heavy atom. The number of rotatable bonds is 6. The number of quaternary nitrogens is 1. The summed E-state index contributed by atoms with van der Waals surface area (Å²) in [5.41, 5.74) is 5.25. The van der Waals surface area contributed by atoms with Crippen molar-refractivity contribution < 1.29 is 9.22 Å². The highest BCUT2D eigenvalue weighted by Gasteiger charge is 2.34. The third-order valence-electron chi connectivity index (χ3n) is 5.84. The van der Waals surface area contributed by atoms with Crippen LogP contribution in [-0.4, -0.2) is 37.8 Å². The van der Waals surface area contributed by atoms with Gasteiger partial charge in [-0.1, -0.05) is 36.4 Å². The van der Waals surface area contributed by atoms with Crippen molar-refractivity contribution in [2.24, 2.45) is 0 Å². The van der Waals surface area contributed by atoms with Crippen molar-refractivity contribution in [3.8, 4) is 16.9 Å². The zero-order chi connectivity index (χ0) is 18.7. The highest BCUT2D eigenvalue weighted by Crippen LogP contribution is 2.25. The van der Waals surface area contributed by atoms with Crippen LogP contribution >= 0.6 is 11.3 Å². The maximum absolute atomic E-state index is 6.07. The first-order chi connectivity index (χ1) is 13.1. The smallest absolute Gasteiger partial charge is 0.140 e. The van der Waals surface area contributed by atoms with Gasteiger partial charge in [-0.3, -0.25) is 0 Å². The second kappa shape index (κ2) is 7.87. The molecule has 0 spiro atoms. The van der Waals surface area contributed by atoms with E-state index in [4.69, 9.17) is 4.74 Å². The highest BCUT2D eigenvalue weighted by molar-refractivity contribution is 7.08. The Morgan fingerprint density at radius 3 is 2.22 bits per heavy atom. The van der Waals surface area contributed by atoms with E-state index in [-0.39, 0.29) is 0 Å². The maximum Gasteiger partial charge on any atom is 0.140 e. The average molecular weight is 379 g/mol. The van der Waals surface area contributed by atoms with Crippen molar-refractivity contribution in [1.82, 2.24) is 0 Å². The molecule has 0 radical (unpaired) electrons. The van der Waals surface area contributed by atoms with Crippen LogP contribution in [0.2, 0.25) is 0 Å². The molecule has 1 fully saturated rings. The van der Waals surface area contributed by atoms with Crippen LogP contribution in [0.25, 0.3) is 11.1 Å². The van der Waals surface area contributed by atoms with E-state index in [0.717, 1.165) is 23.3 Å². The molecule has 27 heavy (non-hydrogen) atoms. The molecule has 0 amide bonds. The standard InChI is InChI=1S/C24H28NOS/c1-25(2)14-3-4-23(25)17-26-24-11-7-20(8-12-24)16-19-5-9-21(10-6-19)22-13-15-27-18-22/h5-13,15,18,23H,3-4,14,16-17H2,1-2H3/q+1/t23-/m1/s1. The molecule has 2 heterocycles. The number of ether oxygens (including phenoxy) is 1. The van der Waals surface area contributed by atoms with E-state index in [0.29, 0.717) is 6.04 Å². The van der Waals surface area contributed by atoms with Gasteiger partial charge in [-0.25, -0.2) is 0 Å². The van der Waals surface area contributed by atoms with Crippen molar-refractivity contribution in [2.75, 3.05) is 27.2 Å². The number of hydrogen-bond acceptors (Lipinski definition) is 2. The largest absolute Gasteiger partial charge is 0.487 e. The minimum atomic E-state index is 0.617. The summed E-state index contributed by atoms with van der Waals surface area (Å²) >= 11 is 1.74. The lowest BCUT2D eigenvalue weighted by Crippen LogP contribution is -2.46. The Bertz CT molecular complexity index is 850. The van der Waals surface area contributed by atoms with Crippen LogP contribution in [-0.2, 0) is 6.42 Å². The predicted molar refractivity (Wildman–Crippen MR) is 114 cm³/mol. The van der Waals surface area contributed by atoms with Crippen LogP contribution in [0.5, 0.6) is 5.75 Å². The Morgan fingerprint density at radius 2 is 1.63 bits per heavy atom. The Hall–Kier alpha value is -2.10. The number of likely N-dealkylation sites (tertiary alicyclic amines) is 1. The van der Waals surface area contributed by atoms with Crippen molar-refractivity contribution in [3.05, 3.63) is 76.5 Å². The van der Waals surface area contributed by atoms with E-state index in [1.54, 1.807) is 11.3 Å². The van der Waals surface area contributed by atoms with Crippen LogP contribution in [0.3, 0.4) is 0 Å². The molecule has 2 aromatic carbocycles. The monoisotopic (exact) mass is 378 g/mol. The molecule has 1 saturated heterocycles. The van der Waals surface area contributed by atoms with Gasteiger partial charge in [0.25, 0.3) is 0 Å². The summed E-state index contributed by atoms with van der Waals surface area (Å²) in [7, 11) is 4.63. The molecule has 3 aromatic rings. The fourth-order valence-corrected chi connectivity index (χ4v) is 4.59. The van der Waals surface area contributed by atoms with Crippen molar-refractivity contribution in [2.45, 2.75) is 25.3 Å². The predicted octanol–water partition coefficient (Wildman–Crippen LogP) is 5.62. The first-order valence-electron chi connectivity index (χ1n) is 9.76. The van der Waals surface area contributed by atoms with Crippen LogP contribution in [0.4, 0.5) is 0 Å². The third kappa shape index (κ3) is 4.42. The topological polar surface area (TPSA) is 9.23 Å². The second-order valence-corrected chi connectivity index (χ2v) is 8.92. The van der Waals surface area contributed by atoms with Gasteiger partial charge in [0, 0.05) is 12.8 Å². The molecule has 3 heteroatoms. The molecular weight excluding hydrogens is 350 g/mol. The molecular formula is C24H28NOS+. The third-order valence-corrected chi connectivity index (χ3v) is 6.53. The molecule has 0 aliphatic carbocycles. The summed E-state index contributed by atoms with van der Waals surface area (Å²) in [6, 6.07) is 20.3. The first-order valence-corrected chi connectivity index (χ1v) is 10.7. The lowest BCUT2D eigenvalue weighted by molar-refractivity contribution is -0.902. The van der Waals surface area contributed by atoms with Crippen molar-refractivity contribution in [1.29, 1.82) is 0 Å². The fraction of sp³-hybridized carbons (Fsp3) is 0.333. The zero-order valence-electron chi connectivity index (χ0n) is 16.2. The molecule has 1 aliphatic heterocycles. The van der Waals surface area contributed by atoms with Crippen molar-refractivity contribution in [3.63, 3.8) is 0 Å². The van der Waals surface area contributed by atoms with Crippen LogP contribution in [0, 0.1) is 0 Å². The minimum absolute atomic E-state index is 0.617. The number of nitrogens with zero attached hydrogens (tertiary/aromatic N) is 1. The molecule has 2 nitrogen and oxygen atoms in total. The second-order valence-electron chi connectivity index (χ2n) is 8.14. The summed E-state index contributed by atoms with van der Waals surface area (Å²) < 4.78 is 7.16. The molecule has 140 valence electrons. The molecule has 4 rings (SSSR count). The molecule has 0 unspecified atom stereocenters. The highest BCUT2D eigenvalue weighted by atomic mass is 32.1. The maximum atomic E-state index is 6.07. The van der Waals surface area contributed by atoms with E-state index >= 15 is 0 Å². The lowest BCUT2D eigenvalue weighted by atomic mass is 10.0. The SMILES string of the molecule is C[N+]1(C)CCC[C@@H]1COc1ccc(Cc2ccc(-c3ccsc3)cc2)cc1. The number of benzene rings is 2. The van der Waals surface area contributed by atoms with Gasteiger partial charge in [0.05, 0.1) is 20.6 Å². The lowest BCUT2D eigenvalue weighted by Gasteiger charge is -2.31. The Labute approximate surface area is 166 Å². The van der Waals surface area contributed by atoms with E-state index in [1.807, 2.05) is 0 Å². The van der Waals surface area contributed by atoms with Gasteiger partial charge in [0.1, 0.15) is 18.4 Å². The quantitative estimate of drug-likeness (QED) is 0.506. The van der Waals surface area contributed by atoms with Crippen LogP contribution < -0.4 is 4.74 Å². The van der Waals surface area contributed by atoms with Gasteiger partial charge in [0.15, 0.2) is 0 Å². The number of hydrogen-bond donors (Lipinski definition) is 0. The normalized spacial score (nSPS) is 18.5. The summed E-state index contributed by atoms with van der Waals surface area (Å²) in [5.74, 6) is 0.985. The van der Waals surface area contributed by atoms with E-state index in [2.05, 4.69) is 79.5 Å². The van der Waals surface area contributed by atoms with Gasteiger partial charge in [0.2, 0.25) is 0 Å². The fourth-order valence-electron chi connectivity index (χ4n) is 3.93. The average Bonchev–Trinajstić information content (AvgIpc) is 3.31. The summed E-state index contributed by atoms with van der Waals surface area (Å²) in [4.78, 5) is 0. The van der Waals surface area contributed by atoms with Gasteiger partial charge in [-0.05, 0) is 57.6 Å². The molecule has 1 aliphatic rings. The number of likely N-dealkylation sites (N-methyl/N-ethyl adjacent to an activating group) is 1. The molecule has 1 atom stereocenters. The first kappa shape index (κ1) is 18.3. The summed E-state index contributed by atoms with van der Waals surface area (Å²) in [6.45, 7) is 2.08. The van der Waals surface area contributed by atoms with E-state index in [1.165, 1.54) is 41.6 Å². The summed E-state index contributed by atoms with van der Waals surface area (Å²) in [6.07, 6.45) is 3.54. The Kier molecular flexibility index (Phi) is 5.33. The zero-order valence-corrected chi connectivity index (χ0v) is 17.0. The van der Waals surface area contributed by atoms with Crippen LogP contribution in [0.15, 0.2) is 65.4 Å². The summed E-state index contributed by atoms with van der Waals surface area (Å²) in [5, 5.41) is 4.32. The molecule has 1 aromatic heterocycles. The van der Waals surface area contributed by atoms with Gasteiger partial charge in [-0.15, -0.1) is 0 Å². The van der Waals surface area contributed by atoms with Gasteiger partial charge < -0.3 is 9.22 Å². The van der Waals surface area contributed by atoms with Gasteiger partial charge in [-0.2, -0.15) is 11.3 Å². The number of thiophene rings is 1.